The van der Waals surface area contributed by atoms with E-state index in [1.165, 1.54) is 0 Å². The monoisotopic (exact) mass is 198 g/mol. The Balaban J connectivity index is 2.44. The van der Waals surface area contributed by atoms with E-state index in [4.69, 9.17) is 0 Å². The number of aromatic nitrogens is 2. The second-order valence-electron chi connectivity index (χ2n) is 3.65. The number of hydrogen-bond acceptors (Lipinski definition) is 2. The molecule has 1 aliphatic carbocycles. The molecule has 0 N–H and O–H groups in total. The Hall–Kier alpha value is -1.90. The summed E-state index contributed by atoms with van der Waals surface area (Å²) in [7, 11) is 0. The molecule has 0 amide bonds. The molecule has 3 heteroatoms. The Labute approximate surface area is 86.7 Å². The minimum Gasteiger partial charge on any atom is -0.269 e. The van der Waals surface area contributed by atoms with Gasteiger partial charge in [-0.1, -0.05) is 18.2 Å². The third kappa shape index (κ3) is 1.20. The Morgan fingerprint density at radius 3 is 3.00 bits per heavy atom. The van der Waals surface area contributed by atoms with E-state index in [0.717, 1.165) is 23.3 Å². The van der Waals surface area contributed by atoms with Crippen LogP contribution in [-0.2, 0) is 12.8 Å². The van der Waals surface area contributed by atoms with E-state index < -0.39 is 0 Å². The van der Waals surface area contributed by atoms with Crippen molar-refractivity contribution in [2.45, 2.75) is 12.8 Å². The van der Waals surface area contributed by atoms with Crippen molar-refractivity contribution < 1.29 is 0 Å². The Morgan fingerprint density at radius 1 is 1.20 bits per heavy atom. The quantitative estimate of drug-likeness (QED) is 0.599. The summed E-state index contributed by atoms with van der Waals surface area (Å²) in [5, 5.41) is 0. The van der Waals surface area contributed by atoms with Gasteiger partial charge < -0.3 is 0 Å². The first-order chi connectivity index (χ1) is 7.36. The van der Waals surface area contributed by atoms with Crippen molar-refractivity contribution in [3.05, 3.63) is 58.2 Å². The predicted octanol–water partition coefficient (Wildman–Crippen LogP) is 1.35. The van der Waals surface area contributed by atoms with E-state index in [1.807, 2.05) is 24.3 Å². The van der Waals surface area contributed by atoms with Crippen molar-refractivity contribution in [3.63, 3.8) is 0 Å². The molecule has 3 rings (SSSR count). The molecule has 0 unspecified atom stereocenters. The molecule has 3 nitrogen and oxygen atoms in total. The van der Waals surface area contributed by atoms with Gasteiger partial charge >= 0.3 is 0 Å². The normalized spacial score (nSPS) is 14.1. The molecule has 74 valence electrons. The van der Waals surface area contributed by atoms with Crippen LogP contribution in [0.3, 0.4) is 0 Å². The summed E-state index contributed by atoms with van der Waals surface area (Å²) < 4.78 is 1.61. The fourth-order valence-corrected chi connectivity index (χ4v) is 1.94. The third-order valence-corrected chi connectivity index (χ3v) is 2.71. The van der Waals surface area contributed by atoms with Crippen molar-refractivity contribution in [2.24, 2.45) is 0 Å². The highest BCUT2D eigenvalue weighted by atomic mass is 16.1. The maximum absolute atomic E-state index is 12.1. The van der Waals surface area contributed by atoms with Crippen LogP contribution in [0.25, 0.3) is 5.65 Å². The van der Waals surface area contributed by atoms with Gasteiger partial charge in [-0.15, -0.1) is 0 Å². The fraction of sp³-hybridized carbons (Fsp3) is 0.167. The number of allylic oxidation sites excluding steroid dienone is 2. The van der Waals surface area contributed by atoms with Gasteiger partial charge in [0, 0.05) is 18.2 Å². The molecule has 0 aliphatic heterocycles. The summed E-state index contributed by atoms with van der Waals surface area (Å²) in [4.78, 5) is 16.6. The topological polar surface area (TPSA) is 34.4 Å². The van der Waals surface area contributed by atoms with Crippen LogP contribution in [0.1, 0.15) is 11.3 Å². The van der Waals surface area contributed by atoms with Crippen LogP contribution in [0.2, 0.25) is 0 Å². The lowest BCUT2D eigenvalue weighted by Crippen LogP contribution is -2.23. The number of hydrogen-bond donors (Lipinski definition) is 0. The van der Waals surface area contributed by atoms with Gasteiger partial charge in [0.15, 0.2) is 0 Å². The number of pyridine rings is 1. The van der Waals surface area contributed by atoms with Crippen LogP contribution in [0.5, 0.6) is 0 Å². The minimum absolute atomic E-state index is 0.0694. The zero-order valence-electron chi connectivity index (χ0n) is 8.18. The van der Waals surface area contributed by atoms with Gasteiger partial charge in [0.25, 0.3) is 5.56 Å². The molecule has 0 atom stereocenters. The average molecular weight is 198 g/mol. The molecule has 0 radical (unpaired) electrons. The van der Waals surface area contributed by atoms with E-state index in [-0.39, 0.29) is 5.56 Å². The molecule has 2 aromatic heterocycles. The highest BCUT2D eigenvalue weighted by Crippen LogP contribution is 2.11. The molecule has 0 spiro atoms. The highest BCUT2D eigenvalue weighted by molar-refractivity contribution is 5.42. The highest BCUT2D eigenvalue weighted by Gasteiger charge is 2.12. The molecule has 2 aromatic rings. The molecule has 0 fully saturated rings. The average Bonchev–Trinajstić information content (AvgIpc) is 2.30. The molecular formula is C12H10N2O. The van der Waals surface area contributed by atoms with Gasteiger partial charge in [0.2, 0.25) is 0 Å². The van der Waals surface area contributed by atoms with Gasteiger partial charge in [-0.3, -0.25) is 9.20 Å². The van der Waals surface area contributed by atoms with Crippen molar-refractivity contribution in [2.75, 3.05) is 0 Å². The summed E-state index contributed by atoms with van der Waals surface area (Å²) >= 11 is 0. The SMILES string of the molecule is O=c1c2c(nc3ccccn13)CC=CC2. The zero-order valence-corrected chi connectivity index (χ0v) is 8.18. The van der Waals surface area contributed by atoms with Crippen LogP contribution in [0.4, 0.5) is 0 Å². The lowest BCUT2D eigenvalue weighted by molar-refractivity contribution is 0.918. The molecule has 1 aliphatic rings. The van der Waals surface area contributed by atoms with Crippen LogP contribution in [0, 0.1) is 0 Å². The maximum Gasteiger partial charge on any atom is 0.261 e. The van der Waals surface area contributed by atoms with Crippen LogP contribution in [0.15, 0.2) is 41.3 Å². The standard InChI is InChI=1S/C12H10N2O/c15-12-9-5-1-2-6-10(9)13-11-7-3-4-8-14(11)12/h1-4,7-8H,5-6H2. The Morgan fingerprint density at radius 2 is 2.07 bits per heavy atom. The van der Waals surface area contributed by atoms with E-state index >= 15 is 0 Å². The second-order valence-corrected chi connectivity index (χ2v) is 3.65. The van der Waals surface area contributed by atoms with Gasteiger partial charge in [0.05, 0.1) is 5.69 Å². The van der Waals surface area contributed by atoms with Gasteiger partial charge in [-0.2, -0.15) is 0 Å². The molecule has 0 saturated heterocycles. The largest absolute Gasteiger partial charge is 0.269 e. The van der Waals surface area contributed by atoms with E-state index in [1.54, 1.807) is 10.6 Å². The molecule has 0 saturated carbocycles. The number of rotatable bonds is 0. The van der Waals surface area contributed by atoms with E-state index in [0.29, 0.717) is 6.42 Å². The summed E-state index contributed by atoms with van der Waals surface area (Å²) in [5.41, 5.74) is 2.56. The molecule has 2 heterocycles. The predicted molar refractivity (Wildman–Crippen MR) is 58.0 cm³/mol. The molecule has 15 heavy (non-hydrogen) atoms. The maximum atomic E-state index is 12.1. The summed E-state index contributed by atoms with van der Waals surface area (Å²) in [6.07, 6.45) is 7.34. The van der Waals surface area contributed by atoms with Crippen LogP contribution >= 0.6 is 0 Å². The summed E-state index contributed by atoms with van der Waals surface area (Å²) in [6, 6.07) is 5.61. The van der Waals surface area contributed by atoms with E-state index in [2.05, 4.69) is 11.1 Å². The first kappa shape index (κ1) is 8.41. The molecule has 0 aromatic carbocycles. The zero-order chi connectivity index (χ0) is 10.3. The van der Waals surface area contributed by atoms with Crippen molar-refractivity contribution in [1.82, 2.24) is 9.38 Å². The van der Waals surface area contributed by atoms with Crippen molar-refractivity contribution >= 4 is 5.65 Å². The molecular weight excluding hydrogens is 188 g/mol. The Bertz CT molecular complexity index is 611. The first-order valence-electron chi connectivity index (χ1n) is 5.00. The third-order valence-electron chi connectivity index (χ3n) is 2.71. The Kier molecular flexibility index (Phi) is 1.71. The van der Waals surface area contributed by atoms with Crippen molar-refractivity contribution in [1.29, 1.82) is 0 Å². The lowest BCUT2D eigenvalue weighted by atomic mass is 10.0. The molecule has 0 bridgehead atoms. The van der Waals surface area contributed by atoms with Crippen LogP contribution < -0.4 is 5.56 Å². The van der Waals surface area contributed by atoms with Gasteiger partial charge in [-0.05, 0) is 18.6 Å². The number of nitrogens with zero attached hydrogens (tertiary/aromatic N) is 2. The first-order valence-corrected chi connectivity index (χ1v) is 5.00. The summed E-state index contributed by atoms with van der Waals surface area (Å²) in [5.74, 6) is 0. The second kappa shape index (κ2) is 3.05. The fourth-order valence-electron chi connectivity index (χ4n) is 1.94. The lowest BCUT2D eigenvalue weighted by Gasteiger charge is -2.10. The van der Waals surface area contributed by atoms with Gasteiger partial charge in [-0.25, -0.2) is 4.98 Å². The number of fused-ring (bicyclic) bond motifs is 2. The smallest absolute Gasteiger partial charge is 0.261 e. The van der Waals surface area contributed by atoms with Gasteiger partial charge in [0.1, 0.15) is 5.65 Å². The van der Waals surface area contributed by atoms with E-state index in [9.17, 15) is 4.79 Å². The summed E-state index contributed by atoms with van der Waals surface area (Å²) in [6.45, 7) is 0. The van der Waals surface area contributed by atoms with Crippen LogP contribution in [-0.4, -0.2) is 9.38 Å². The van der Waals surface area contributed by atoms with Crippen molar-refractivity contribution in [3.8, 4) is 0 Å². The minimum atomic E-state index is 0.0694.